The van der Waals surface area contributed by atoms with Gasteiger partial charge in [0.05, 0.1) is 19.2 Å². The smallest absolute Gasteiger partial charge is 0.161 e. The number of hydrogen-bond donors (Lipinski definition) is 0. The Kier molecular flexibility index (Phi) is 5.11. The lowest BCUT2D eigenvalue weighted by molar-refractivity contribution is 0.280. The molecule has 1 heterocycles. The van der Waals surface area contributed by atoms with E-state index >= 15 is 0 Å². The van der Waals surface area contributed by atoms with Gasteiger partial charge in [-0.2, -0.15) is 0 Å². The molecule has 5 heteroatoms. The van der Waals surface area contributed by atoms with E-state index in [0.717, 1.165) is 41.1 Å². The second kappa shape index (κ2) is 7.64. The van der Waals surface area contributed by atoms with Crippen LogP contribution in [-0.4, -0.2) is 28.7 Å². The minimum absolute atomic E-state index is 0.591. The highest BCUT2D eigenvalue weighted by molar-refractivity contribution is 5.73. The number of aromatic nitrogens is 3. The molecule has 0 saturated heterocycles. The topological polar surface area (TPSA) is 49.2 Å². The first-order valence-corrected chi connectivity index (χ1v) is 8.03. The molecule has 0 atom stereocenters. The predicted molar refractivity (Wildman–Crippen MR) is 95.3 cm³/mol. The molecule has 0 aliphatic carbocycles. The number of allylic oxidation sites excluding steroid dienone is 1. The summed E-state index contributed by atoms with van der Waals surface area (Å²) in [6, 6.07) is 13.9. The van der Waals surface area contributed by atoms with E-state index in [4.69, 9.17) is 9.47 Å². The molecule has 3 rings (SSSR count). The van der Waals surface area contributed by atoms with Crippen molar-refractivity contribution in [3.63, 3.8) is 0 Å². The summed E-state index contributed by atoms with van der Waals surface area (Å²) in [5.74, 6) is 1.51. The molecule has 0 unspecified atom stereocenters. The van der Waals surface area contributed by atoms with Crippen molar-refractivity contribution >= 4 is 17.1 Å². The van der Waals surface area contributed by atoms with Gasteiger partial charge in [-0.15, -0.1) is 5.10 Å². The average molecular weight is 323 g/mol. The van der Waals surface area contributed by atoms with E-state index in [0.29, 0.717) is 6.61 Å². The highest BCUT2D eigenvalue weighted by atomic mass is 16.5. The summed E-state index contributed by atoms with van der Waals surface area (Å²) in [5, 5.41) is 8.34. The number of benzene rings is 2. The number of fused-ring (bicyclic) bond motifs is 1. The van der Waals surface area contributed by atoms with Crippen LogP contribution in [0.1, 0.15) is 18.9 Å². The Hall–Kier alpha value is -2.82. The first-order chi connectivity index (χ1) is 11.8. The van der Waals surface area contributed by atoms with Crippen molar-refractivity contribution in [2.75, 3.05) is 13.7 Å². The largest absolute Gasteiger partial charge is 0.493 e. The molecule has 0 aliphatic heterocycles. The maximum atomic E-state index is 5.86. The van der Waals surface area contributed by atoms with Gasteiger partial charge in [0.25, 0.3) is 0 Å². The van der Waals surface area contributed by atoms with Crippen LogP contribution in [0.5, 0.6) is 11.5 Å². The van der Waals surface area contributed by atoms with Crippen LogP contribution in [-0.2, 0) is 6.54 Å². The van der Waals surface area contributed by atoms with Gasteiger partial charge in [-0.1, -0.05) is 35.6 Å². The minimum atomic E-state index is 0.591. The van der Waals surface area contributed by atoms with E-state index in [-0.39, 0.29) is 0 Å². The SMILES string of the molecule is C/C=C/c1ccc(OCCCn2nnc3ccccc32)c(OC)c1. The Morgan fingerprint density at radius 1 is 1.12 bits per heavy atom. The normalized spacial score (nSPS) is 11.2. The van der Waals surface area contributed by atoms with Gasteiger partial charge < -0.3 is 9.47 Å². The Morgan fingerprint density at radius 2 is 2.00 bits per heavy atom. The van der Waals surface area contributed by atoms with E-state index in [1.165, 1.54) is 0 Å². The van der Waals surface area contributed by atoms with Crippen LogP contribution < -0.4 is 9.47 Å². The zero-order valence-corrected chi connectivity index (χ0v) is 14.0. The number of methoxy groups -OCH3 is 1. The number of aryl methyl sites for hydroxylation is 1. The second-order valence-electron chi connectivity index (χ2n) is 5.41. The fourth-order valence-corrected chi connectivity index (χ4v) is 2.58. The molecule has 0 saturated carbocycles. The van der Waals surface area contributed by atoms with Gasteiger partial charge in [-0.05, 0) is 36.8 Å². The summed E-state index contributed by atoms with van der Waals surface area (Å²) in [4.78, 5) is 0. The third kappa shape index (κ3) is 3.56. The summed E-state index contributed by atoms with van der Waals surface area (Å²) in [7, 11) is 1.66. The lowest BCUT2D eigenvalue weighted by atomic mass is 10.2. The van der Waals surface area contributed by atoms with Gasteiger partial charge in [-0.25, -0.2) is 4.68 Å². The molecule has 124 valence electrons. The van der Waals surface area contributed by atoms with Crippen LogP contribution in [0.4, 0.5) is 0 Å². The Bertz CT molecular complexity index is 839. The summed E-state index contributed by atoms with van der Waals surface area (Å²) in [5.41, 5.74) is 3.06. The maximum Gasteiger partial charge on any atom is 0.161 e. The predicted octanol–water partition coefficient (Wildman–Crippen LogP) is 3.94. The molecule has 0 fully saturated rings. The van der Waals surface area contributed by atoms with Crippen molar-refractivity contribution in [2.24, 2.45) is 0 Å². The van der Waals surface area contributed by atoms with E-state index in [2.05, 4.69) is 10.3 Å². The van der Waals surface area contributed by atoms with Crippen LogP contribution in [0, 0.1) is 0 Å². The molecule has 5 nitrogen and oxygen atoms in total. The van der Waals surface area contributed by atoms with Crippen molar-refractivity contribution in [1.82, 2.24) is 15.0 Å². The first-order valence-electron chi connectivity index (χ1n) is 8.03. The summed E-state index contributed by atoms with van der Waals surface area (Å²) in [6.45, 7) is 3.34. The molecule has 0 bridgehead atoms. The highest BCUT2D eigenvalue weighted by Gasteiger charge is 2.06. The molecular weight excluding hydrogens is 302 g/mol. The third-order valence-electron chi connectivity index (χ3n) is 3.74. The van der Waals surface area contributed by atoms with Crippen molar-refractivity contribution in [3.05, 3.63) is 54.1 Å². The van der Waals surface area contributed by atoms with Gasteiger partial charge in [0, 0.05) is 13.0 Å². The lowest BCUT2D eigenvalue weighted by Crippen LogP contribution is -2.06. The van der Waals surface area contributed by atoms with Crippen molar-refractivity contribution in [3.8, 4) is 11.5 Å². The van der Waals surface area contributed by atoms with Gasteiger partial charge in [0.1, 0.15) is 5.52 Å². The van der Waals surface area contributed by atoms with Crippen molar-refractivity contribution in [2.45, 2.75) is 19.9 Å². The van der Waals surface area contributed by atoms with Gasteiger partial charge in [-0.3, -0.25) is 0 Å². The quantitative estimate of drug-likeness (QED) is 0.618. The number of ether oxygens (including phenoxy) is 2. The molecule has 3 aromatic rings. The second-order valence-corrected chi connectivity index (χ2v) is 5.41. The molecule has 2 aromatic carbocycles. The van der Waals surface area contributed by atoms with Crippen molar-refractivity contribution in [1.29, 1.82) is 0 Å². The number of hydrogen-bond acceptors (Lipinski definition) is 4. The molecule has 0 radical (unpaired) electrons. The third-order valence-corrected chi connectivity index (χ3v) is 3.74. The number of nitrogens with zero attached hydrogens (tertiary/aromatic N) is 3. The Balaban J connectivity index is 1.58. The molecule has 0 aliphatic rings. The Labute approximate surface area is 141 Å². The van der Waals surface area contributed by atoms with Crippen LogP contribution in [0.2, 0.25) is 0 Å². The molecule has 0 N–H and O–H groups in total. The zero-order valence-electron chi connectivity index (χ0n) is 14.0. The van der Waals surface area contributed by atoms with Gasteiger partial charge in [0.15, 0.2) is 11.5 Å². The first kappa shape index (κ1) is 16.1. The van der Waals surface area contributed by atoms with E-state index in [9.17, 15) is 0 Å². The summed E-state index contributed by atoms with van der Waals surface area (Å²) in [6.07, 6.45) is 4.87. The number of rotatable bonds is 7. The monoisotopic (exact) mass is 323 g/mol. The van der Waals surface area contributed by atoms with Crippen LogP contribution in [0.15, 0.2) is 48.5 Å². The van der Waals surface area contributed by atoms with Crippen LogP contribution in [0.25, 0.3) is 17.1 Å². The lowest BCUT2D eigenvalue weighted by Gasteiger charge is -2.11. The van der Waals surface area contributed by atoms with Crippen LogP contribution >= 0.6 is 0 Å². The Morgan fingerprint density at radius 3 is 2.83 bits per heavy atom. The minimum Gasteiger partial charge on any atom is -0.493 e. The fourth-order valence-electron chi connectivity index (χ4n) is 2.58. The summed E-state index contributed by atoms with van der Waals surface area (Å²) >= 11 is 0. The maximum absolute atomic E-state index is 5.86. The van der Waals surface area contributed by atoms with Crippen LogP contribution in [0.3, 0.4) is 0 Å². The van der Waals surface area contributed by atoms with E-state index < -0.39 is 0 Å². The van der Waals surface area contributed by atoms with Gasteiger partial charge >= 0.3 is 0 Å². The average Bonchev–Trinajstić information content (AvgIpc) is 3.03. The molecule has 0 amide bonds. The standard InChI is InChI=1S/C19H21N3O2/c1-3-7-15-10-11-18(19(14-15)23-2)24-13-6-12-22-17-9-5-4-8-16(17)20-21-22/h3-5,7-11,14H,6,12-13H2,1-2H3/b7-3+. The molecule has 24 heavy (non-hydrogen) atoms. The van der Waals surface area contributed by atoms with Crippen molar-refractivity contribution < 1.29 is 9.47 Å². The van der Waals surface area contributed by atoms with Gasteiger partial charge in [0.2, 0.25) is 0 Å². The zero-order chi connectivity index (χ0) is 16.8. The molecule has 1 aromatic heterocycles. The molecule has 0 spiro atoms. The molecular formula is C19H21N3O2. The highest BCUT2D eigenvalue weighted by Crippen LogP contribution is 2.28. The fraction of sp³-hybridized carbons (Fsp3) is 0.263. The summed E-state index contributed by atoms with van der Waals surface area (Å²) < 4.78 is 13.2. The van der Waals surface area contributed by atoms with E-state index in [1.807, 2.05) is 66.2 Å². The van der Waals surface area contributed by atoms with E-state index in [1.54, 1.807) is 7.11 Å². The number of para-hydroxylation sites is 1.